The van der Waals surface area contributed by atoms with Gasteiger partial charge in [-0.3, -0.25) is 0 Å². The van der Waals surface area contributed by atoms with Crippen LogP contribution in [-0.4, -0.2) is 116 Å². The summed E-state index contributed by atoms with van der Waals surface area (Å²) in [6, 6.07) is 60.2. The minimum Gasteiger partial charge on any atom is -0.478 e. The fourth-order valence-electron chi connectivity index (χ4n) is 13.1. The molecule has 14 nitrogen and oxygen atoms in total. The zero-order valence-electron chi connectivity index (χ0n) is 52.6. The minimum atomic E-state index is -0.977. The first-order chi connectivity index (χ1) is 45.7. The summed E-state index contributed by atoms with van der Waals surface area (Å²) in [6.45, 7) is 10.0. The predicted molar refractivity (Wildman–Crippen MR) is 376 cm³/mol. The van der Waals surface area contributed by atoms with E-state index in [1.165, 1.54) is 64.2 Å². The molecule has 5 saturated heterocycles. The average molecular weight is 1260 g/mol. The second-order valence-corrected chi connectivity index (χ2v) is 23.2. The molecule has 17 rings (SSSR count). The fourth-order valence-corrected chi connectivity index (χ4v) is 13.1. The van der Waals surface area contributed by atoms with E-state index in [1.54, 1.807) is 0 Å². The van der Waals surface area contributed by atoms with Crippen molar-refractivity contribution in [1.82, 2.24) is 0 Å². The van der Waals surface area contributed by atoms with Crippen LogP contribution in [0.4, 0.5) is 0 Å². The Morgan fingerprint density at radius 2 is 0.309 bits per heavy atom. The Morgan fingerprint density at radius 1 is 0.202 bits per heavy atom. The Labute approximate surface area is 545 Å². The molecule has 14 heteroatoms. The lowest BCUT2D eigenvalue weighted by atomic mass is 9.83. The number of ether oxygens (including phenoxy) is 5. The molecule has 94 heavy (non-hydrogen) atoms. The molecule has 5 aliphatic heterocycles. The fraction of sp³-hybridized carbons (Fsp3) is 0.250. The van der Waals surface area contributed by atoms with Gasteiger partial charge in [-0.2, -0.15) is 0 Å². The van der Waals surface area contributed by atoms with Crippen LogP contribution in [0.3, 0.4) is 0 Å². The topological polar surface area (TPSA) is 227 Å². The van der Waals surface area contributed by atoms with Crippen LogP contribution >= 0.6 is 0 Å². The van der Waals surface area contributed by atoms with Gasteiger partial charge in [0, 0.05) is 66.1 Å². The van der Waals surface area contributed by atoms with E-state index in [0.29, 0.717) is 43.1 Å². The van der Waals surface area contributed by atoms with E-state index in [1.807, 2.05) is 194 Å². The van der Waals surface area contributed by atoms with Crippen molar-refractivity contribution >= 4 is 110 Å². The summed E-state index contributed by atoms with van der Waals surface area (Å²) in [6.07, 6.45) is 12.8. The van der Waals surface area contributed by atoms with Gasteiger partial charge in [0.05, 0.1) is 22.3 Å². The highest BCUT2D eigenvalue weighted by Crippen LogP contribution is 2.48. The number of carboxylic acids is 4. The van der Waals surface area contributed by atoms with Crippen LogP contribution in [0, 0.1) is 0 Å². The molecule has 6 N–H and O–H groups in total. The highest BCUT2D eigenvalue weighted by molar-refractivity contribution is 6.32. The van der Waals surface area contributed by atoms with E-state index in [9.17, 15) is 39.6 Å². The first-order valence-corrected chi connectivity index (χ1v) is 32.2. The van der Waals surface area contributed by atoms with Crippen LogP contribution in [0.1, 0.15) is 106 Å². The third-order valence-electron chi connectivity index (χ3n) is 17.2. The number of hydrogen-bond acceptors (Lipinski definition) is 9. The second-order valence-electron chi connectivity index (χ2n) is 23.2. The summed E-state index contributed by atoms with van der Waals surface area (Å²) < 4.78 is 24.7. The van der Waals surface area contributed by atoms with Gasteiger partial charge in [0.25, 0.3) is 0 Å². The molecule has 12 aromatic carbocycles. The third kappa shape index (κ3) is 14.9. The van der Waals surface area contributed by atoms with E-state index in [0.717, 1.165) is 131 Å². The van der Waals surface area contributed by atoms with Crippen LogP contribution in [0.25, 0.3) is 108 Å². The molecule has 5 aliphatic rings. The standard InChI is InChI=1S/2C30H18O4.5C4H8O.H2O/c2*31-29(32)27-21-13-5-1-9-17(21)25(18-10-2-6-14-22(18)27)26-19-11-3-7-15-23(19)28(30(33)34)24-16-8-4-12-20(24)26;5*1-2-4-5-3-1;/h2*1-16H,(H,31,32)(H,33,34);5*1-4H2;1H2. The van der Waals surface area contributed by atoms with Crippen LogP contribution in [0.2, 0.25) is 0 Å². The number of hydrogen-bond donors (Lipinski definition) is 4. The number of benzene rings is 12. The van der Waals surface area contributed by atoms with E-state index in [-0.39, 0.29) is 27.7 Å². The van der Waals surface area contributed by atoms with Crippen molar-refractivity contribution in [3.05, 3.63) is 216 Å². The lowest BCUT2D eigenvalue weighted by molar-refractivity contribution is 0.0690. The van der Waals surface area contributed by atoms with E-state index < -0.39 is 23.9 Å². The quantitative estimate of drug-likeness (QED) is 0.114. The van der Waals surface area contributed by atoms with Crippen molar-refractivity contribution in [2.45, 2.75) is 64.2 Å². The Kier molecular flexibility index (Phi) is 23.4. The normalized spacial score (nSPS) is 14.6. The number of carbonyl (C=O) groups is 4. The van der Waals surface area contributed by atoms with Gasteiger partial charge in [-0.1, -0.05) is 194 Å². The molecule has 0 unspecified atom stereocenters. The number of fused-ring (bicyclic) bond motifs is 8. The smallest absolute Gasteiger partial charge is 0.336 e. The molecule has 482 valence electrons. The molecule has 0 saturated carbocycles. The SMILES string of the molecule is C1CCOC1.C1CCOC1.C1CCOC1.C1CCOC1.C1CCOC1.O.O=C(O)c1c2ccccc2c(-c2c3ccccc3c(C(=O)O)c3ccccc23)c2ccccc12.O=C(O)c1c2ccccc2c(-c2c3ccccc3c(C(=O)O)c3ccccc23)c2ccccc12. The van der Waals surface area contributed by atoms with Gasteiger partial charge in [0.2, 0.25) is 0 Å². The number of carboxylic acid groups (broad SMARTS) is 4. The molecule has 12 aromatic rings. The summed E-state index contributed by atoms with van der Waals surface area (Å²) in [4.78, 5) is 49.4. The minimum absolute atomic E-state index is 0. The molecule has 0 spiro atoms. The summed E-state index contributed by atoms with van der Waals surface area (Å²) >= 11 is 0. The van der Waals surface area contributed by atoms with Gasteiger partial charge in [0.15, 0.2) is 0 Å². The summed E-state index contributed by atoms with van der Waals surface area (Å²) in [5, 5.41) is 52.2. The van der Waals surface area contributed by atoms with Crippen molar-refractivity contribution in [2.75, 3.05) is 66.1 Å². The maximum Gasteiger partial charge on any atom is 0.336 e. The van der Waals surface area contributed by atoms with E-state index >= 15 is 0 Å². The zero-order valence-corrected chi connectivity index (χ0v) is 52.6. The van der Waals surface area contributed by atoms with Gasteiger partial charge in [-0.25, -0.2) is 19.2 Å². The summed E-state index contributed by atoms with van der Waals surface area (Å²) in [5.41, 5.74) is 4.69. The highest BCUT2D eigenvalue weighted by Gasteiger charge is 2.27. The second kappa shape index (κ2) is 32.8. The average Bonchev–Trinajstić information content (AvgIpc) is 0.779. The molecule has 0 amide bonds. The number of aromatic carboxylic acids is 4. The van der Waals surface area contributed by atoms with Crippen molar-refractivity contribution < 1.29 is 68.8 Å². The summed E-state index contributed by atoms with van der Waals surface area (Å²) in [7, 11) is 0. The molecular weight excluding hydrogens is 1180 g/mol. The highest BCUT2D eigenvalue weighted by atomic mass is 16.5. The van der Waals surface area contributed by atoms with Gasteiger partial charge in [-0.05, 0) is 173 Å². The van der Waals surface area contributed by atoms with Crippen LogP contribution in [0.5, 0.6) is 0 Å². The van der Waals surface area contributed by atoms with Gasteiger partial charge >= 0.3 is 23.9 Å². The Balaban J connectivity index is 0.000000148. The predicted octanol–water partition coefficient (Wildman–Crippen LogP) is 17.9. The lowest BCUT2D eigenvalue weighted by Crippen LogP contribution is -2.03. The molecule has 5 heterocycles. The van der Waals surface area contributed by atoms with Crippen molar-refractivity contribution in [3.63, 3.8) is 0 Å². The molecule has 0 radical (unpaired) electrons. The largest absolute Gasteiger partial charge is 0.478 e. The molecule has 5 fully saturated rings. The van der Waals surface area contributed by atoms with Gasteiger partial charge in [-0.15, -0.1) is 0 Å². The lowest BCUT2D eigenvalue weighted by Gasteiger charge is -2.20. The van der Waals surface area contributed by atoms with Crippen molar-refractivity contribution in [3.8, 4) is 22.3 Å². The molecule has 0 aromatic heterocycles. The first-order valence-electron chi connectivity index (χ1n) is 32.2. The van der Waals surface area contributed by atoms with Crippen LogP contribution < -0.4 is 0 Å². The molecule has 0 aliphatic carbocycles. The van der Waals surface area contributed by atoms with Crippen molar-refractivity contribution in [1.29, 1.82) is 0 Å². The molecule has 0 bridgehead atoms. The van der Waals surface area contributed by atoms with Gasteiger partial charge in [0.1, 0.15) is 0 Å². The monoisotopic (exact) mass is 1260 g/mol. The van der Waals surface area contributed by atoms with E-state index in [2.05, 4.69) is 0 Å². The number of rotatable bonds is 6. The Hall–Kier alpha value is -9.64. The van der Waals surface area contributed by atoms with Crippen LogP contribution in [0.15, 0.2) is 194 Å². The first kappa shape index (κ1) is 67.3. The maximum absolute atomic E-state index is 12.4. The van der Waals surface area contributed by atoms with Gasteiger partial charge < -0.3 is 49.6 Å². The third-order valence-corrected chi connectivity index (χ3v) is 17.2. The van der Waals surface area contributed by atoms with E-state index in [4.69, 9.17) is 23.7 Å². The molecule has 0 atom stereocenters. The Bertz CT molecular complexity index is 3790. The Morgan fingerprint density at radius 3 is 0.394 bits per heavy atom. The van der Waals surface area contributed by atoms with Crippen molar-refractivity contribution in [2.24, 2.45) is 0 Å². The molecular formula is C80H78O14. The maximum atomic E-state index is 12.4. The summed E-state index contributed by atoms with van der Waals surface area (Å²) in [5.74, 6) is -3.91. The zero-order chi connectivity index (χ0) is 64.5. The van der Waals surface area contributed by atoms with Crippen LogP contribution in [-0.2, 0) is 23.7 Å².